The molecular weight excluding hydrogens is 645 g/mol. The van der Waals surface area contributed by atoms with Gasteiger partial charge in [-0.3, -0.25) is 4.98 Å². The third kappa shape index (κ3) is 4.52. The largest absolute Gasteiger partial charge is 0.314 e. The maximum absolute atomic E-state index is 5.13. The third-order valence-corrected chi connectivity index (χ3v) is 10.8. The number of para-hydroxylation sites is 4. The van der Waals surface area contributed by atoms with E-state index < -0.39 is 0 Å². The van der Waals surface area contributed by atoms with Crippen LogP contribution in [0.3, 0.4) is 0 Å². The fourth-order valence-corrected chi connectivity index (χ4v) is 8.42. The number of nitrogens with zero attached hydrogens (tertiary/aromatic N) is 4. The zero-order chi connectivity index (χ0) is 34.9. The molecule has 0 saturated heterocycles. The van der Waals surface area contributed by atoms with Gasteiger partial charge in [0.15, 0.2) is 0 Å². The summed E-state index contributed by atoms with van der Waals surface area (Å²) in [6, 6.07) is 63.4. The van der Waals surface area contributed by atoms with E-state index in [-0.39, 0.29) is 0 Å². The molecule has 0 amide bonds. The second kappa shape index (κ2) is 11.7. The summed E-state index contributed by atoms with van der Waals surface area (Å²) in [6.45, 7) is 0. The highest BCUT2D eigenvalue weighted by Gasteiger charge is 2.16. The number of rotatable bonds is 3. The molecule has 4 heteroatoms. The molecule has 0 unspecified atom stereocenters. The lowest BCUT2D eigenvalue weighted by molar-refractivity contribution is 1.01. The van der Waals surface area contributed by atoms with Crippen LogP contribution in [-0.4, -0.2) is 18.7 Å². The quantitative estimate of drug-likeness (QED) is 0.183. The third-order valence-electron chi connectivity index (χ3n) is 10.8. The van der Waals surface area contributed by atoms with Crippen LogP contribution in [0, 0.1) is 0 Å². The molecule has 8 aromatic carbocycles. The van der Waals surface area contributed by atoms with Gasteiger partial charge >= 0.3 is 0 Å². The minimum absolute atomic E-state index is 0.976. The summed E-state index contributed by atoms with van der Waals surface area (Å²) in [5.74, 6) is 0. The van der Waals surface area contributed by atoms with E-state index in [0.29, 0.717) is 0 Å². The molecule has 4 nitrogen and oxygen atoms in total. The summed E-state index contributed by atoms with van der Waals surface area (Å²) in [7, 11) is 0. The van der Waals surface area contributed by atoms with Crippen LogP contribution in [-0.2, 0) is 0 Å². The Bertz CT molecular complexity index is 3220. The Morgan fingerprint density at radius 3 is 1.40 bits per heavy atom. The molecule has 11 aromatic rings. The van der Waals surface area contributed by atoms with Gasteiger partial charge in [-0.15, -0.1) is 0 Å². The van der Waals surface area contributed by atoms with E-state index in [1.165, 1.54) is 43.4 Å². The molecule has 0 aliphatic carbocycles. The van der Waals surface area contributed by atoms with Gasteiger partial charge in [0.05, 0.1) is 27.6 Å². The number of pyridine rings is 1. The van der Waals surface area contributed by atoms with E-state index in [2.05, 4.69) is 202 Å². The van der Waals surface area contributed by atoms with Crippen molar-refractivity contribution in [3.63, 3.8) is 0 Å². The Balaban J connectivity index is 1.35. The number of fused-ring (bicyclic) bond motifs is 12. The molecule has 0 atom stereocenters. The van der Waals surface area contributed by atoms with Crippen molar-refractivity contribution in [3.8, 4) is 17.1 Å². The molecule has 53 heavy (non-hydrogen) atoms. The van der Waals surface area contributed by atoms with Gasteiger partial charge in [-0.05, 0) is 93.7 Å². The van der Waals surface area contributed by atoms with Crippen molar-refractivity contribution in [2.24, 2.45) is 0 Å². The van der Waals surface area contributed by atoms with Gasteiger partial charge in [0.2, 0.25) is 0 Å². The molecule has 0 spiro atoms. The second-order valence-electron chi connectivity index (χ2n) is 13.6. The smallest absolute Gasteiger partial charge is 0.0787 e. The zero-order valence-corrected chi connectivity index (χ0v) is 28.8. The van der Waals surface area contributed by atoms with Crippen LogP contribution in [0.25, 0.3) is 93.1 Å². The highest BCUT2D eigenvalue weighted by atomic mass is 15.0. The summed E-state index contributed by atoms with van der Waals surface area (Å²) in [6.07, 6.45) is 6.26. The van der Waals surface area contributed by atoms with Crippen LogP contribution >= 0.6 is 0 Å². The maximum atomic E-state index is 5.13. The minimum Gasteiger partial charge on any atom is -0.314 e. The van der Waals surface area contributed by atoms with Gasteiger partial charge in [-0.2, -0.15) is 0 Å². The van der Waals surface area contributed by atoms with E-state index in [1.54, 1.807) is 0 Å². The van der Waals surface area contributed by atoms with Crippen molar-refractivity contribution in [2.75, 3.05) is 0 Å². The monoisotopic (exact) mass is 676 g/mol. The van der Waals surface area contributed by atoms with Gasteiger partial charge < -0.3 is 13.7 Å². The average molecular weight is 677 g/mol. The fourth-order valence-electron chi connectivity index (χ4n) is 8.42. The van der Waals surface area contributed by atoms with Gasteiger partial charge in [-0.1, -0.05) is 109 Å². The number of hydrogen-bond donors (Lipinski definition) is 0. The van der Waals surface area contributed by atoms with Crippen LogP contribution in [0.4, 0.5) is 0 Å². The fraction of sp³-hybridized carbons (Fsp3) is 0. The molecule has 11 rings (SSSR count). The van der Waals surface area contributed by atoms with Crippen molar-refractivity contribution in [3.05, 3.63) is 195 Å². The zero-order valence-electron chi connectivity index (χ0n) is 28.8. The molecule has 0 saturated carbocycles. The lowest BCUT2D eigenvalue weighted by Gasteiger charge is -2.19. The number of hydrogen-bond acceptors (Lipinski definition) is 1. The van der Waals surface area contributed by atoms with Gasteiger partial charge in [0.1, 0.15) is 0 Å². The lowest BCUT2D eigenvalue weighted by Crippen LogP contribution is -2.05. The number of aromatic nitrogens is 4. The summed E-state index contributed by atoms with van der Waals surface area (Å²) < 4.78 is 7.00. The summed E-state index contributed by atoms with van der Waals surface area (Å²) in [5.41, 5.74) is 8.90. The maximum Gasteiger partial charge on any atom is 0.0787 e. The molecule has 3 aromatic heterocycles. The van der Waals surface area contributed by atoms with Gasteiger partial charge in [0.25, 0.3) is 0 Å². The predicted octanol–water partition coefficient (Wildman–Crippen LogP) is 12.7. The van der Waals surface area contributed by atoms with Crippen LogP contribution in [0.5, 0.6) is 0 Å². The van der Waals surface area contributed by atoms with Crippen LogP contribution in [0.2, 0.25) is 0 Å². The Hall–Kier alpha value is -7.17. The predicted molar refractivity (Wildman–Crippen MR) is 222 cm³/mol. The van der Waals surface area contributed by atoms with Crippen molar-refractivity contribution in [1.82, 2.24) is 18.7 Å². The van der Waals surface area contributed by atoms with Crippen LogP contribution in [0.1, 0.15) is 0 Å². The van der Waals surface area contributed by atoms with E-state index >= 15 is 0 Å². The molecule has 0 aliphatic heterocycles. The molecule has 0 bridgehead atoms. The second-order valence-corrected chi connectivity index (χ2v) is 13.6. The Labute approximate surface area is 305 Å². The highest BCUT2D eigenvalue weighted by Crippen LogP contribution is 2.39. The van der Waals surface area contributed by atoms with Crippen LogP contribution < -0.4 is 0 Å². The molecule has 0 fully saturated rings. The van der Waals surface area contributed by atoms with Crippen molar-refractivity contribution in [1.29, 1.82) is 0 Å². The molecule has 248 valence electrons. The first-order valence-electron chi connectivity index (χ1n) is 18.0. The SMILES string of the molecule is c1ccc(-n2ccn(-c3ccccc3)c3cc4c(cc32)c2ccc(-n3c5ccccc5c5ccccc53)cc2c2ccccc2c2cccnc24)cc1. The van der Waals surface area contributed by atoms with E-state index in [0.717, 1.165) is 49.8 Å². The lowest BCUT2D eigenvalue weighted by atomic mass is 9.95. The molecular formula is C49H32N4. The topological polar surface area (TPSA) is 27.7 Å². The molecule has 0 N–H and O–H groups in total. The first kappa shape index (κ1) is 29.5. The molecule has 0 aliphatic rings. The summed E-state index contributed by atoms with van der Waals surface area (Å²) in [4.78, 5) is 5.13. The standard InChI is InChI=1S/C49H32N4/c1-3-14-33(15-4-1)51-28-29-52(34-16-5-2-6-17-34)48-32-44-43(31-47(48)51)38-26-25-35(53-45-23-11-9-20-39(45)40-21-10-12-24-46(40)53)30-42(38)37-19-8-7-18-36(37)41-22-13-27-50-49(41)44/h1-32H. The van der Waals surface area contributed by atoms with E-state index in [9.17, 15) is 0 Å². The minimum atomic E-state index is 0.976. The van der Waals surface area contributed by atoms with Crippen molar-refractivity contribution >= 4 is 76.1 Å². The highest BCUT2D eigenvalue weighted by molar-refractivity contribution is 6.26. The Morgan fingerprint density at radius 2 is 0.774 bits per heavy atom. The van der Waals surface area contributed by atoms with Gasteiger partial charge in [0, 0.05) is 57.2 Å². The Morgan fingerprint density at radius 1 is 0.302 bits per heavy atom. The first-order chi connectivity index (χ1) is 26.3. The van der Waals surface area contributed by atoms with Crippen LogP contribution in [0.15, 0.2) is 195 Å². The van der Waals surface area contributed by atoms with Crippen molar-refractivity contribution < 1.29 is 0 Å². The normalized spacial score (nSPS) is 11.8. The first-order valence-corrected chi connectivity index (χ1v) is 18.0. The average Bonchev–Trinajstić information content (AvgIpc) is 3.57. The Kier molecular flexibility index (Phi) is 6.52. The van der Waals surface area contributed by atoms with E-state index in [1.807, 2.05) is 6.20 Å². The molecule has 0 radical (unpaired) electrons. The molecule has 3 heterocycles. The summed E-state index contributed by atoms with van der Waals surface area (Å²) >= 11 is 0. The van der Waals surface area contributed by atoms with Gasteiger partial charge in [-0.25, -0.2) is 0 Å². The van der Waals surface area contributed by atoms with E-state index in [4.69, 9.17) is 4.98 Å². The van der Waals surface area contributed by atoms with Crippen molar-refractivity contribution in [2.45, 2.75) is 0 Å². The number of benzene rings is 7. The summed E-state index contributed by atoms with van der Waals surface area (Å²) in [5, 5.41) is 10.6.